The van der Waals surface area contributed by atoms with Crippen LogP contribution in [0, 0.1) is 19.8 Å². The van der Waals surface area contributed by atoms with Crippen LogP contribution >= 0.6 is 11.8 Å². The van der Waals surface area contributed by atoms with Crippen LogP contribution in [0.5, 0.6) is 0 Å². The molecule has 3 rings (SSSR count). The summed E-state index contributed by atoms with van der Waals surface area (Å²) in [5.74, 6) is 0.955. The molecule has 0 unspecified atom stereocenters. The average molecular weight is 420 g/mol. The van der Waals surface area contributed by atoms with Gasteiger partial charge in [0, 0.05) is 36.6 Å². The fourth-order valence-electron chi connectivity index (χ4n) is 3.63. The summed E-state index contributed by atoms with van der Waals surface area (Å²) in [6, 6.07) is 1.63. The van der Waals surface area contributed by atoms with E-state index in [0.717, 1.165) is 11.3 Å². The van der Waals surface area contributed by atoms with Crippen molar-refractivity contribution in [1.29, 1.82) is 0 Å². The molecule has 1 fully saturated rings. The van der Waals surface area contributed by atoms with Crippen LogP contribution in [0.4, 0.5) is 0 Å². The molecule has 29 heavy (non-hydrogen) atoms. The van der Waals surface area contributed by atoms with E-state index >= 15 is 0 Å². The number of hydrogen-bond donors (Lipinski definition) is 1. The molecule has 1 aliphatic heterocycles. The van der Waals surface area contributed by atoms with Crippen LogP contribution in [0.1, 0.15) is 41.4 Å². The van der Waals surface area contributed by atoms with E-state index in [1.165, 1.54) is 0 Å². The third kappa shape index (κ3) is 4.83. The number of likely N-dealkylation sites (tertiary alicyclic amines) is 1. The number of rotatable bonds is 7. The maximum absolute atomic E-state index is 12.8. The summed E-state index contributed by atoms with van der Waals surface area (Å²) in [6.07, 6.45) is 3.93. The number of carbonyl (C=O) groups is 2. The average Bonchev–Trinajstić information content (AvgIpc) is 3.36. The highest BCUT2D eigenvalue weighted by Crippen LogP contribution is 2.23. The topological polar surface area (TPSA) is 93.3 Å². The predicted octanol–water partition coefficient (Wildman–Crippen LogP) is 2.06. The highest BCUT2D eigenvalue weighted by atomic mass is 32.2. The van der Waals surface area contributed by atoms with Gasteiger partial charge in [0.1, 0.15) is 11.5 Å². The van der Waals surface area contributed by atoms with Crippen molar-refractivity contribution in [3.63, 3.8) is 0 Å². The van der Waals surface area contributed by atoms with Crippen molar-refractivity contribution in [3.8, 4) is 0 Å². The van der Waals surface area contributed by atoms with E-state index in [1.54, 1.807) is 28.7 Å². The van der Waals surface area contributed by atoms with Gasteiger partial charge in [-0.2, -0.15) is 16.9 Å². The number of aryl methyl sites for hydroxylation is 2. The number of aromatic nitrogens is 3. The van der Waals surface area contributed by atoms with Gasteiger partial charge >= 0.3 is 0 Å². The van der Waals surface area contributed by atoms with Gasteiger partial charge in [-0.1, -0.05) is 19.0 Å². The van der Waals surface area contributed by atoms with E-state index in [9.17, 15) is 9.59 Å². The maximum Gasteiger partial charge on any atom is 0.269 e. The minimum atomic E-state index is -0.146. The second-order valence-electron chi connectivity index (χ2n) is 7.92. The lowest BCUT2D eigenvalue weighted by atomic mass is 10.1. The van der Waals surface area contributed by atoms with Gasteiger partial charge < -0.3 is 14.7 Å². The fourth-order valence-corrected chi connectivity index (χ4v) is 4.44. The van der Waals surface area contributed by atoms with Gasteiger partial charge in [-0.05, 0) is 32.1 Å². The Labute approximate surface area is 175 Å². The summed E-state index contributed by atoms with van der Waals surface area (Å²) >= 11 is 1.67. The van der Waals surface area contributed by atoms with Crippen molar-refractivity contribution in [2.45, 2.75) is 52.0 Å². The quantitative estimate of drug-likeness (QED) is 0.738. The summed E-state index contributed by atoms with van der Waals surface area (Å²) in [7, 11) is 0. The maximum atomic E-state index is 12.8. The van der Waals surface area contributed by atoms with Crippen LogP contribution in [0.3, 0.4) is 0 Å². The van der Waals surface area contributed by atoms with E-state index in [1.807, 2.05) is 25.0 Å². The molecule has 0 aromatic carbocycles. The molecule has 0 spiro atoms. The normalized spacial score (nSPS) is 19.2. The molecule has 2 atom stereocenters. The van der Waals surface area contributed by atoms with E-state index in [2.05, 4.69) is 29.4 Å². The highest BCUT2D eigenvalue weighted by Gasteiger charge is 2.36. The second kappa shape index (κ2) is 9.02. The van der Waals surface area contributed by atoms with E-state index in [-0.39, 0.29) is 29.5 Å². The predicted molar refractivity (Wildman–Crippen MR) is 112 cm³/mol. The first-order valence-electron chi connectivity index (χ1n) is 9.85. The molecule has 8 nitrogen and oxygen atoms in total. The third-order valence-corrected chi connectivity index (χ3v) is 6.32. The van der Waals surface area contributed by atoms with Gasteiger partial charge in [-0.15, -0.1) is 0 Å². The molecule has 3 heterocycles. The van der Waals surface area contributed by atoms with Gasteiger partial charge in [0.25, 0.3) is 5.91 Å². The van der Waals surface area contributed by atoms with E-state index in [4.69, 9.17) is 4.52 Å². The van der Waals surface area contributed by atoms with Crippen LogP contribution in [0.25, 0.3) is 0 Å². The van der Waals surface area contributed by atoms with Crippen molar-refractivity contribution < 1.29 is 14.1 Å². The molecule has 0 aliphatic carbocycles. The van der Waals surface area contributed by atoms with Gasteiger partial charge in [0.05, 0.1) is 18.2 Å². The zero-order chi connectivity index (χ0) is 21.1. The summed E-state index contributed by atoms with van der Waals surface area (Å²) in [4.78, 5) is 27.5. The third-order valence-electron chi connectivity index (χ3n) is 5.23. The second-order valence-corrected chi connectivity index (χ2v) is 9.00. The number of nitrogens with one attached hydrogen (secondary N) is 1. The van der Waals surface area contributed by atoms with Crippen molar-refractivity contribution in [2.75, 3.05) is 19.3 Å². The van der Waals surface area contributed by atoms with Crippen LogP contribution < -0.4 is 5.32 Å². The zero-order valence-corrected chi connectivity index (χ0v) is 18.5. The molecule has 0 bridgehead atoms. The van der Waals surface area contributed by atoms with Crippen LogP contribution in [0.15, 0.2) is 16.8 Å². The lowest BCUT2D eigenvalue weighted by molar-refractivity contribution is -0.129. The summed E-state index contributed by atoms with van der Waals surface area (Å²) in [5, 5.41) is 11.5. The molecule has 1 aliphatic rings. The first-order chi connectivity index (χ1) is 13.8. The molecule has 1 saturated heterocycles. The lowest BCUT2D eigenvalue weighted by Crippen LogP contribution is -2.43. The van der Waals surface area contributed by atoms with Crippen molar-refractivity contribution in [2.24, 2.45) is 5.92 Å². The fraction of sp³-hybridized carbons (Fsp3) is 0.600. The molecule has 0 saturated carbocycles. The Kier molecular flexibility index (Phi) is 6.66. The number of hydrogen-bond acceptors (Lipinski definition) is 6. The Bertz CT molecular complexity index is 856. The molecular weight excluding hydrogens is 390 g/mol. The first-order valence-corrected chi connectivity index (χ1v) is 11.1. The van der Waals surface area contributed by atoms with Gasteiger partial charge in [0.15, 0.2) is 0 Å². The van der Waals surface area contributed by atoms with Crippen LogP contribution in [-0.4, -0.2) is 62.3 Å². The molecule has 2 amide bonds. The summed E-state index contributed by atoms with van der Waals surface area (Å²) in [6.45, 7) is 9.64. The molecule has 158 valence electrons. The lowest BCUT2D eigenvalue weighted by Gasteiger charge is -2.18. The molecule has 2 aromatic rings. The van der Waals surface area contributed by atoms with Gasteiger partial charge in [-0.3, -0.25) is 14.3 Å². The minimum Gasteiger partial charge on any atom is -0.361 e. The number of carbonyl (C=O) groups excluding carboxylic acids is 2. The van der Waals surface area contributed by atoms with Crippen LogP contribution in [0.2, 0.25) is 0 Å². The minimum absolute atomic E-state index is 0.0278. The Hall–Kier alpha value is -2.29. The Morgan fingerprint density at radius 3 is 2.72 bits per heavy atom. The number of nitrogens with zero attached hydrogens (tertiary/aromatic N) is 4. The first kappa shape index (κ1) is 21.4. The monoisotopic (exact) mass is 419 g/mol. The molecule has 2 aromatic heterocycles. The Morgan fingerprint density at radius 2 is 2.10 bits per heavy atom. The zero-order valence-electron chi connectivity index (χ0n) is 17.6. The Morgan fingerprint density at radius 1 is 1.34 bits per heavy atom. The SMILES string of the molecule is CS[C@@H]1CN(C(=O)Cc2c(C)noc2C)C[C@H]1NC(=O)c1ccnn1CC(C)C. The van der Waals surface area contributed by atoms with Gasteiger partial charge in [-0.25, -0.2) is 0 Å². The van der Waals surface area contributed by atoms with Crippen molar-refractivity contribution in [3.05, 3.63) is 35.0 Å². The molecule has 0 radical (unpaired) electrons. The molecule has 9 heteroatoms. The summed E-state index contributed by atoms with van der Waals surface area (Å²) in [5.41, 5.74) is 2.15. The molecule has 1 N–H and O–H groups in total. The van der Waals surface area contributed by atoms with Gasteiger partial charge in [0.2, 0.25) is 5.91 Å². The van der Waals surface area contributed by atoms with Crippen molar-refractivity contribution >= 4 is 23.6 Å². The summed E-state index contributed by atoms with van der Waals surface area (Å²) < 4.78 is 6.90. The van der Waals surface area contributed by atoms with Crippen molar-refractivity contribution in [1.82, 2.24) is 25.2 Å². The smallest absolute Gasteiger partial charge is 0.269 e. The van der Waals surface area contributed by atoms with E-state index < -0.39 is 0 Å². The molecular formula is C20H29N5O3S. The number of amides is 2. The van der Waals surface area contributed by atoms with E-state index in [0.29, 0.717) is 37.0 Å². The highest BCUT2D eigenvalue weighted by molar-refractivity contribution is 7.99. The van der Waals surface area contributed by atoms with Crippen LogP contribution in [-0.2, 0) is 17.8 Å². The number of thioether (sulfide) groups is 1. The Balaban J connectivity index is 1.65. The largest absolute Gasteiger partial charge is 0.361 e. The standard InChI is InChI=1S/C20H29N5O3S/c1-12(2)9-25-17(6-7-21-25)20(27)22-16-10-24(11-18(16)29-5)19(26)8-15-13(3)23-28-14(15)4/h6-7,12,16,18H,8-11H2,1-5H3,(H,22,27)/t16-,18-/m1/s1.